The van der Waals surface area contributed by atoms with Crippen LogP contribution < -0.4 is 5.32 Å². The summed E-state index contributed by atoms with van der Waals surface area (Å²) in [6, 6.07) is 20.0. The number of hydrogen-bond donors (Lipinski definition) is 1. The van der Waals surface area contributed by atoms with Crippen LogP contribution in [0.4, 0.5) is 4.79 Å². The number of rotatable bonds is 4. The Bertz CT molecular complexity index is 1060. The van der Waals surface area contributed by atoms with Crippen molar-refractivity contribution in [3.63, 3.8) is 0 Å². The topological polar surface area (TPSA) is 71.3 Å². The Balaban J connectivity index is 1.28. The molecular weight excluding hydrogens is 376 g/mol. The monoisotopic (exact) mass is 400 g/mol. The number of urea groups is 1. The highest BCUT2D eigenvalue weighted by Gasteiger charge is 2.40. The average Bonchev–Trinajstić information content (AvgIpc) is 3.38. The van der Waals surface area contributed by atoms with E-state index in [-0.39, 0.29) is 24.2 Å². The van der Waals surface area contributed by atoms with E-state index in [1.165, 1.54) is 11.1 Å². The van der Waals surface area contributed by atoms with Gasteiger partial charge in [0, 0.05) is 11.6 Å². The fourth-order valence-electron chi connectivity index (χ4n) is 4.45. The van der Waals surface area contributed by atoms with E-state index in [0.29, 0.717) is 11.7 Å². The lowest BCUT2D eigenvalue weighted by Crippen LogP contribution is -2.48. The van der Waals surface area contributed by atoms with Crippen LogP contribution in [-0.2, 0) is 0 Å². The SMILES string of the molecule is CC(NC(=O)N1C2C=C(c3ccccc3)CC1CC2)c1noc(-c2ccccc2)n1. The summed E-state index contributed by atoms with van der Waals surface area (Å²) in [7, 11) is 0. The third-order valence-electron chi connectivity index (χ3n) is 5.96. The number of carbonyl (C=O) groups is 1. The molecule has 30 heavy (non-hydrogen) atoms. The lowest BCUT2D eigenvalue weighted by Gasteiger charge is -2.34. The van der Waals surface area contributed by atoms with Gasteiger partial charge in [-0.2, -0.15) is 4.98 Å². The summed E-state index contributed by atoms with van der Waals surface area (Å²) in [5.41, 5.74) is 3.45. The largest absolute Gasteiger partial charge is 0.334 e. The highest BCUT2D eigenvalue weighted by Crippen LogP contribution is 2.38. The van der Waals surface area contributed by atoms with Gasteiger partial charge in [-0.05, 0) is 49.5 Å². The maximum atomic E-state index is 13.1. The Labute approximate surface area is 175 Å². The molecule has 2 amide bonds. The molecule has 0 spiro atoms. The van der Waals surface area contributed by atoms with Gasteiger partial charge >= 0.3 is 6.03 Å². The zero-order valence-electron chi connectivity index (χ0n) is 16.9. The summed E-state index contributed by atoms with van der Waals surface area (Å²) < 4.78 is 5.38. The first-order chi connectivity index (χ1) is 14.7. The molecule has 3 unspecified atom stereocenters. The fourth-order valence-corrected chi connectivity index (χ4v) is 4.45. The van der Waals surface area contributed by atoms with Gasteiger partial charge in [-0.1, -0.05) is 59.8 Å². The van der Waals surface area contributed by atoms with Gasteiger partial charge in [0.25, 0.3) is 5.89 Å². The molecule has 1 aromatic heterocycles. The maximum absolute atomic E-state index is 13.1. The van der Waals surface area contributed by atoms with Gasteiger partial charge in [-0.15, -0.1) is 0 Å². The predicted molar refractivity (Wildman–Crippen MR) is 114 cm³/mol. The zero-order valence-corrected chi connectivity index (χ0v) is 16.9. The van der Waals surface area contributed by atoms with Gasteiger partial charge in [0.1, 0.15) is 0 Å². The molecule has 2 aromatic carbocycles. The highest BCUT2D eigenvalue weighted by molar-refractivity contribution is 5.79. The van der Waals surface area contributed by atoms with E-state index in [2.05, 4.69) is 45.8 Å². The summed E-state index contributed by atoms with van der Waals surface area (Å²) in [4.78, 5) is 19.5. The Morgan fingerprint density at radius 2 is 1.77 bits per heavy atom. The number of benzene rings is 2. The van der Waals surface area contributed by atoms with Crippen molar-refractivity contribution in [1.29, 1.82) is 0 Å². The zero-order chi connectivity index (χ0) is 20.5. The van der Waals surface area contributed by atoms with Crippen LogP contribution in [0.5, 0.6) is 0 Å². The molecule has 3 aromatic rings. The molecule has 0 radical (unpaired) electrons. The van der Waals surface area contributed by atoms with Gasteiger partial charge in [0.15, 0.2) is 5.82 Å². The van der Waals surface area contributed by atoms with E-state index in [9.17, 15) is 4.79 Å². The summed E-state index contributed by atoms with van der Waals surface area (Å²) in [5, 5.41) is 7.12. The first-order valence-electron chi connectivity index (χ1n) is 10.4. The predicted octanol–water partition coefficient (Wildman–Crippen LogP) is 4.83. The molecule has 0 saturated carbocycles. The van der Waals surface area contributed by atoms with Crippen molar-refractivity contribution in [1.82, 2.24) is 20.4 Å². The van der Waals surface area contributed by atoms with E-state index >= 15 is 0 Å². The van der Waals surface area contributed by atoms with Crippen molar-refractivity contribution >= 4 is 11.6 Å². The summed E-state index contributed by atoms with van der Waals surface area (Å²) in [6.45, 7) is 1.88. The van der Waals surface area contributed by atoms with E-state index in [1.54, 1.807) is 0 Å². The lowest BCUT2D eigenvalue weighted by atomic mass is 9.95. The maximum Gasteiger partial charge on any atom is 0.318 e. The van der Waals surface area contributed by atoms with Crippen LogP contribution in [0.25, 0.3) is 17.0 Å². The van der Waals surface area contributed by atoms with Gasteiger partial charge in [-0.25, -0.2) is 4.79 Å². The first-order valence-corrected chi connectivity index (χ1v) is 10.4. The van der Waals surface area contributed by atoms with Gasteiger partial charge in [0.2, 0.25) is 0 Å². The van der Waals surface area contributed by atoms with Crippen LogP contribution >= 0.6 is 0 Å². The van der Waals surface area contributed by atoms with E-state index in [0.717, 1.165) is 24.8 Å². The van der Waals surface area contributed by atoms with E-state index in [1.807, 2.05) is 48.2 Å². The molecule has 5 rings (SSSR count). The van der Waals surface area contributed by atoms with Crippen molar-refractivity contribution in [3.8, 4) is 11.5 Å². The van der Waals surface area contributed by atoms with Crippen LogP contribution in [0, 0.1) is 0 Å². The second kappa shape index (κ2) is 7.78. The number of nitrogens with zero attached hydrogens (tertiary/aromatic N) is 3. The van der Waals surface area contributed by atoms with E-state index < -0.39 is 0 Å². The molecule has 1 saturated heterocycles. The van der Waals surface area contributed by atoms with E-state index in [4.69, 9.17) is 4.52 Å². The van der Waals surface area contributed by atoms with Crippen molar-refractivity contribution in [2.45, 2.75) is 44.3 Å². The van der Waals surface area contributed by atoms with Crippen LogP contribution in [0.1, 0.15) is 43.6 Å². The smallest absolute Gasteiger partial charge is 0.318 e. The molecule has 2 aliphatic rings. The van der Waals surface area contributed by atoms with Crippen LogP contribution in [0.2, 0.25) is 0 Å². The number of nitrogens with one attached hydrogen (secondary N) is 1. The van der Waals surface area contributed by atoms with Crippen molar-refractivity contribution in [3.05, 3.63) is 78.1 Å². The molecule has 6 heteroatoms. The number of hydrogen-bond acceptors (Lipinski definition) is 4. The normalized spacial score (nSPS) is 21.2. The minimum Gasteiger partial charge on any atom is -0.334 e. The molecule has 2 bridgehead atoms. The summed E-state index contributed by atoms with van der Waals surface area (Å²) in [6.07, 6.45) is 5.18. The van der Waals surface area contributed by atoms with Gasteiger partial charge in [0.05, 0.1) is 12.1 Å². The molecule has 3 atom stereocenters. The van der Waals surface area contributed by atoms with Gasteiger partial charge < -0.3 is 14.7 Å². The number of amides is 2. The second-order valence-electron chi connectivity index (χ2n) is 7.96. The third-order valence-corrected chi connectivity index (χ3v) is 5.96. The van der Waals surface area contributed by atoms with Crippen LogP contribution in [0.3, 0.4) is 0 Å². The number of carbonyl (C=O) groups excluding carboxylic acids is 1. The summed E-state index contributed by atoms with van der Waals surface area (Å²) in [5.74, 6) is 0.937. The quantitative estimate of drug-likeness (QED) is 0.681. The Hall–Kier alpha value is -3.41. The Morgan fingerprint density at radius 3 is 2.47 bits per heavy atom. The average molecular weight is 400 g/mol. The molecule has 1 fully saturated rings. The molecule has 152 valence electrons. The standard InChI is InChI=1S/C24H24N4O2/c1-16(22-26-23(30-27-22)18-10-6-3-7-11-18)25-24(29)28-20-12-13-21(28)15-19(14-20)17-8-4-2-5-9-17/h2-11,14,16,20-21H,12-13,15H2,1H3,(H,25,29). The second-order valence-corrected chi connectivity index (χ2v) is 7.96. The molecule has 2 aliphatic heterocycles. The minimum atomic E-state index is -0.336. The van der Waals surface area contributed by atoms with Crippen molar-refractivity contribution in [2.24, 2.45) is 0 Å². The minimum absolute atomic E-state index is 0.0653. The number of fused-ring (bicyclic) bond motifs is 2. The van der Waals surface area contributed by atoms with Gasteiger partial charge in [-0.3, -0.25) is 0 Å². The highest BCUT2D eigenvalue weighted by atomic mass is 16.5. The summed E-state index contributed by atoms with van der Waals surface area (Å²) >= 11 is 0. The first kappa shape index (κ1) is 18.6. The molecule has 3 heterocycles. The van der Waals surface area contributed by atoms with Crippen molar-refractivity contribution in [2.75, 3.05) is 0 Å². The fraction of sp³-hybridized carbons (Fsp3) is 0.292. The molecular formula is C24H24N4O2. The lowest BCUT2D eigenvalue weighted by molar-refractivity contribution is 0.176. The van der Waals surface area contributed by atoms with Crippen LogP contribution in [0.15, 0.2) is 71.3 Å². The third kappa shape index (κ3) is 3.49. The van der Waals surface area contributed by atoms with Crippen LogP contribution in [-0.4, -0.2) is 33.2 Å². The molecule has 1 N–H and O–H groups in total. The Morgan fingerprint density at radius 1 is 1.07 bits per heavy atom. The Kier molecular flexibility index (Phi) is 4.83. The molecule has 6 nitrogen and oxygen atoms in total. The number of aromatic nitrogens is 2. The molecule has 0 aliphatic carbocycles. The van der Waals surface area contributed by atoms with Crippen molar-refractivity contribution < 1.29 is 9.32 Å².